The molecule has 0 aromatic heterocycles. The number of halogens is 4. The first kappa shape index (κ1) is 56.7. The summed E-state index contributed by atoms with van der Waals surface area (Å²) in [4.78, 5) is 23.3. The van der Waals surface area contributed by atoms with Crippen LogP contribution in [0.15, 0.2) is 0 Å². The summed E-state index contributed by atoms with van der Waals surface area (Å²) in [6.07, 6.45) is 5.47. The van der Waals surface area contributed by atoms with E-state index in [4.69, 9.17) is 5.11 Å². The van der Waals surface area contributed by atoms with Crippen LogP contribution < -0.4 is 34.9 Å². The minimum atomic E-state index is -4.78. The van der Waals surface area contributed by atoms with Gasteiger partial charge in [0.15, 0.2) is 0 Å². The van der Waals surface area contributed by atoms with Gasteiger partial charge in [-0.3, -0.25) is 13.8 Å². The van der Waals surface area contributed by atoms with E-state index < -0.39 is 70.1 Å². The van der Waals surface area contributed by atoms with Gasteiger partial charge in [-0.2, -0.15) is 0 Å². The summed E-state index contributed by atoms with van der Waals surface area (Å²) in [5.41, 5.74) is -1.12. The Bertz CT molecular complexity index is 1920. The summed E-state index contributed by atoms with van der Waals surface area (Å²) in [5, 5.41) is 54.2. The third-order valence-corrected chi connectivity index (χ3v) is 21.7. The minimum absolute atomic E-state index is 0. The number of alkyl halides is 4. The van der Waals surface area contributed by atoms with Crippen LogP contribution >= 0.6 is 0 Å². The maximum Gasteiger partial charge on any atom is 1.00 e. The van der Waals surface area contributed by atoms with Crippen LogP contribution in [0.4, 0.5) is 17.6 Å². The van der Waals surface area contributed by atoms with Gasteiger partial charge in [0, 0.05) is 32.2 Å². The SMILES string of the molecule is C[C@H](CCC(=O)NCCOS(=O)(=O)[O-])[C@H]1CCC2C3C(CC[C@@]21C)[C@@]1(C)CC(F)(F)[C@H](O)C[C@H]1C[C@@H]3O.C[C@H](CCC(=O)O)[C@H]1CCC2C3C(CC[C@@]21C)[C@@]1(C)CC(F)(F)[C@H](O)C[C@H]1C[C@@H]3O.[Na+]. The normalized spacial score (nSPS) is 46.3. The van der Waals surface area contributed by atoms with Gasteiger partial charge in [-0.15, -0.1) is 0 Å². The van der Waals surface area contributed by atoms with E-state index >= 15 is 0 Å². The zero-order valence-corrected chi connectivity index (χ0v) is 44.3. The first-order chi connectivity index (χ1) is 31.0. The Hall–Kier alpha value is -0.630. The molecule has 8 aliphatic rings. The van der Waals surface area contributed by atoms with Crippen molar-refractivity contribution in [2.24, 2.45) is 92.7 Å². The van der Waals surface area contributed by atoms with Crippen molar-refractivity contribution in [3.05, 3.63) is 0 Å². The molecule has 8 rings (SSSR count). The Morgan fingerprint density at radius 3 is 1.46 bits per heavy atom. The largest absolute Gasteiger partial charge is 1.00 e. The number of aliphatic hydroxyl groups is 4. The maximum absolute atomic E-state index is 14.7. The summed E-state index contributed by atoms with van der Waals surface area (Å²) in [7, 11) is -4.78. The number of nitrogens with one attached hydrogen (secondary N) is 1. The predicted octanol–water partition coefficient (Wildman–Crippen LogP) is 4.96. The summed E-state index contributed by atoms with van der Waals surface area (Å²) in [6.45, 7) is 12.4. The van der Waals surface area contributed by atoms with Crippen molar-refractivity contribution in [2.75, 3.05) is 13.2 Å². The third kappa shape index (κ3) is 10.7. The van der Waals surface area contributed by atoms with Crippen LogP contribution in [0.2, 0.25) is 0 Å². The van der Waals surface area contributed by atoms with E-state index in [1.54, 1.807) is 0 Å². The molecular weight excluding hydrogens is 922 g/mol. The van der Waals surface area contributed by atoms with Crippen molar-refractivity contribution < 1.29 is 99.4 Å². The van der Waals surface area contributed by atoms with Crippen LogP contribution in [0.5, 0.6) is 0 Å². The first-order valence-electron chi connectivity index (χ1n) is 25.5. The van der Waals surface area contributed by atoms with Gasteiger partial charge >= 0.3 is 35.5 Å². The molecule has 0 spiro atoms. The van der Waals surface area contributed by atoms with Crippen molar-refractivity contribution >= 4 is 22.3 Å². The maximum atomic E-state index is 14.7. The quantitative estimate of drug-likeness (QED) is 0.0506. The number of carbonyl (C=O) groups is 2. The van der Waals surface area contributed by atoms with Gasteiger partial charge in [0.2, 0.25) is 16.3 Å². The second-order valence-electron chi connectivity index (χ2n) is 24.4. The van der Waals surface area contributed by atoms with Crippen molar-refractivity contribution in [1.29, 1.82) is 0 Å². The molecule has 18 heteroatoms. The number of hydrogen-bond donors (Lipinski definition) is 6. The topological polar surface area (TPSA) is 214 Å². The van der Waals surface area contributed by atoms with Crippen LogP contribution in [-0.4, -0.2) is 99.8 Å². The fourth-order valence-electron chi connectivity index (χ4n) is 17.9. The molecule has 8 saturated carbocycles. The molecule has 0 saturated heterocycles. The number of aliphatic carboxylic acids is 1. The Labute approximate surface area is 423 Å². The molecular formula is C50H80F4NNaO11S. The summed E-state index contributed by atoms with van der Waals surface area (Å²) < 4.78 is 94.0. The van der Waals surface area contributed by atoms with Crippen LogP contribution in [0, 0.1) is 92.7 Å². The zero-order chi connectivity index (χ0) is 49.4. The number of fused-ring (bicyclic) bond motifs is 10. The second kappa shape index (κ2) is 20.6. The standard InChI is InChI=1S/C26H43F2NO7S.C24H38F2O4.Na/c1-15(4-7-22(32)29-10-11-36-37(33,34)35)17-5-6-18-23-19(8-9-24(17,18)2)25(3)14-26(27,28)21(31)13-16(25)12-20(23)30;1-13(4-7-20(29)30)15-5-6-16-21-17(8-9-22(15,16)2)23(3)12-24(25,26)19(28)11-14(23)10-18(21)27;/h15-21,23,30-31H,4-14H2,1-3H3,(H,29,32)(H,33,34,35);13-19,21,27-28H,4-12H2,1-3H3,(H,29,30);/q;;+1/p-1/t15-,16-,17-,18?,19?,20+,21-,23?,24-,25+;13-,14-,15-,16?,17?,18+,19-,21?,22-,23+;/m11./s1. The molecule has 1 amide bonds. The number of rotatable bonds is 12. The summed E-state index contributed by atoms with van der Waals surface area (Å²) in [6, 6.07) is 0. The van der Waals surface area contributed by atoms with Gasteiger partial charge in [0.25, 0.3) is 11.8 Å². The third-order valence-electron chi connectivity index (χ3n) is 21.2. The Balaban J connectivity index is 0.000000225. The monoisotopic (exact) mass is 1000 g/mol. The van der Waals surface area contributed by atoms with Crippen molar-refractivity contribution in [3.63, 3.8) is 0 Å². The molecule has 0 aromatic carbocycles. The molecule has 6 N–H and O–H groups in total. The van der Waals surface area contributed by atoms with Crippen LogP contribution in [-0.2, 0) is 24.2 Å². The number of hydrogen-bond acceptors (Lipinski definition) is 10. The van der Waals surface area contributed by atoms with Gasteiger partial charge in [-0.25, -0.2) is 26.0 Å². The number of amides is 1. The first-order valence-corrected chi connectivity index (χ1v) is 26.9. The fourth-order valence-corrected chi connectivity index (χ4v) is 18.2. The second-order valence-corrected chi connectivity index (χ2v) is 25.5. The fraction of sp³-hybridized carbons (Fsp3) is 0.960. The Morgan fingerprint density at radius 1 is 0.662 bits per heavy atom. The molecule has 386 valence electrons. The van der Waals surface area contributed by atoms with E-state index in [0.29, 0.717) is 49.4 Å². The van der Waals surface area contributed by atoms with Gasteiger partial charge < -0.3 is 35.4 Å². The molecule has 0 aliphatic heterocycles. The smallest absolute Gasteiger partial charge is 0.726 e. The van der Waals surface area contributed by atoms with E-state index in [9.17, 15) is 60.5 Å². The van der Waals surface area contributed by atoms with Crippen molar-refractivity contribution in [3.8, 4) is 0 Å². The molecule has 20 atom stereocenters. The van der Waals surface area contributed by atoms with Crippen molar-refractivity contribution in [1.82, 2.24) is 5.32 Å². The van der Waals surface area contributed by atoms with Gasteiger partial charge in [-0.05, 0) is 183 Å². The molecule has 8 aliphatic carbocycles. The molecule has 0 radical (unpaired) electrons. The van der Waals surface area contributed by atoms with E-state index in [2.05, 4.69) is 37.2 Å². The number of carbonyl (C=O) groups excluding carboxylic acids is 1. The average Bonchev–Trinajstić information content (AvgIpc) is 3.76. The molecule has 0 aromatic rings. The molecule has 68 heavy (non-hydrogen) atoms. The molecule has 12 nitrogen and oxygen atoms in total. The minimum Gasteiger partial charge on any atom is -0.726 e. The molecule has 0 bridgehead atoms. The number of carboxylic acid groups (broad SMARTS) is 1. The molecule has 6 unspecified atom stereocenters. The molecule has 0 heterocycles. The van der Waals surface area contributed by atoms with Gasteiger partial charge in [0.05, 0.1) is 18.8 Å². The average molecular weight is 1000 g/mol. The number of aliphatic hydroxyl groups excluding tert-OH is 4. The summed E-state index contributed by atoms with van der Waals surface area (Å²) in [5.74, 6) is -5.32. The van der Waals surface area contributed by atoms with Gasteiger partial charge in [-0.1, -0.05) is 41.5 Å². The van der Waals surface area contributed by atoms with Crippen LogP contribution in [0.3, 0.4) is 0 Å². The number of carboxylic acids is 1. The Kier molecular flexibility index (Phi) is 17.2. The van der Waals surface area contributed by atoms with Crippen LogP contribution in [0.1, 0.15) is 157 Å². The van der Waals surface area contributed by atoms with Crippen LogP contribution in [0.25, 0.3) is 0 Å². The molecule has 8 fully saturated rings. The zero-order valence-electron chi connectivity index (χ0n) is 41.5. The predicted molar refractivity (Wildman–Crippen MR) is 239 cm³/mol. The van der Waals surface area contributed by atoms with E-state index in [0.717, 1.165) is 51.4 Å². The van der Waals surface area contributed by atoms with Crippen molar-refractivity contribution in [2.45, 2.75) is 193 Å². The summed E-state index contributed by atoms with van der Waals surface area (Å²) >= 11 is 0. The van der Waals surface area contributed by atoms with Gasteiger partial charge in [0.1, 0.15) is 12.2 Å². The van der Waals surface area contributed by atoms with E-state index in [1.807, 2.05) is 13.8 Å². The van der Waals surface area contributed by atoms with E-state index in [-0.39, 0.29) is 139 Å². The van der Waals surface area contributed by atoms with E-state index in [1.165, 1.54) is 0 Å². The Morgan fingerprint density at radius 2 is 1.06 bits per heavy atom.